The minimum absolute atomic E-state index is 0.0968. The summed E-state index contributed by atoms with van der Waals surface area (Å²) >= 11 is 5.94. The molecule has 43 heavy (non-hydrogen) atoms. The van der Waals surface area contributed by atoms with E-state index in [0.29, 0.717) is 22.1 Å². The van der Waals surface area contributed by atoms with Gasteiger partial charge in [-0.2, -0.15) is 0 Å². The fourth-order valence-electron chi connectivity index (χ4n) is 5.62. The van der Waals surface area contributed by atoms with Crippen LogP contribution in [0.4, 0.5) is 11.4 Å². The number of rotatable bonds is 9. The van der Waals surface area contributed by atoms with Crippen molar-refractivity contribution in [2.45, 2.75) is 25.9 Å². The second kappa shape index (κ2) is 12.6. The standard InChI is InChI=1S/C32H33N5O5S/c1-19-16-23(20(2)36(19)26-12-7-6-10-22(26)31(39)42-5)30-29(24-11-8-9-15-33-24)35-32(43)37(30)21-13-14-27(41-4)25(17-21)34-28(38)18-40-3/h6-17,29-30H,18H2,1-5H3,(H,34,38)(H,35,43)/t29-,30+/m0/s1. The van der Waals surface area contributed by atoms with E-state index in [1.165, 1.54) is 14.2 Å². The van der Waals surface area contributed by atoms with Crippen molar-refractivity contribution in [1.82, 2.24) is 14.9 Å². The summed E-state index contributed by atoms with van der Waals surface area (Å²) in [5.74, 6) is -0.222. The van der Waals surface area contributed by atoms with Crippen LogP contribution < -0.4 is 20.3 Å². The van der Waals surface area contributed by atoms with Crippen LogP contribution in [0.3, 0.4) is 0 Å². The quantitative estimate of drug-likeness (QED) is 0.202. The van der Waals surface area contributed by atoms with Gasteiger partial charge in [-0.05, 0) is 80.2 Å². The number of nitrogens with zero attached hydrogens (tertiary/aromatic N) is 3. The Kier molecular flexibility index (Phi) is 8.74. The molecular formula is C32H33N5O5S. The van der Waals surface area contributed by atoms with Gasteiger partial charge in [-0.1, -0.05) is 18.2 Å². The van der Waals surface area contributed by atoms with E-state index in [2.05, 4.69) is 26.3 Å². The van der Waals surface area contributed by atoms with Gasteiger partial charge in [0.2, 0.25) is 5.91 Å². The Morgan fingerprint density at radius 3 is 2.49 bits per heavy atom. The molecule has 11 heteroatoms. The number of aromatic nitrogens is 2. The van der Waals surface area contributed by atoms with Gasteiger partial charge in [0.05, 0.1) is 48.9 Å². The van der Waals surface area contributed by atoms with E-state index in [0.717, 1.165) is 34.0 Å². The van der Waals surface area contributed by atoms with Gasteiger partial charge in [0.1, 0.15) is 12.4 Å². The highest BCUT2D eigenvalue weighted by atomic mass is 32.1. The third-order valence-electron chi connectivity index (χ3n) is 7.45. The van der Waals surface area contributed by atoms with Crippen molar-refractivity contribution < 1.29 is 23.8 Å². The molecule has 0 saturated carbocycles. The third kappa shape index (κ3) is 5.69. The lowest BCUT2D eigenvalue weighted by molar-refractivity contribution is -0.119. The zero-order valence-corrected chi connectivity index (χ0v) is 25.4. The number of esters is 1. The summed E-state index contributed by atoms with van der Waals surface area (Å²) in [4.78, 5) is 31.8. The normalized spacial score (nSPS) is 16.1. The van der Waals surface area contributed by atoms with Crippen LogP contribution in [-0.2, 0) is 14.3 Å². The van der Waals surface area contributed by atoms with Gasteiger partial charge < -0.3 is 34.3 Å². The molecule has 2 atom stereocenters. The molecule has 0 unspecified atom stereocenters. The molecule has 5 rings (SSSR count). The van der Waals surface area contributed by atoms with Gasteiger partial charge >= 0.3 is 5.97 Å². The number of benzene rings is 2. The summed E-state index contributed by atoms with van der Waals surface area (Å²) < 4.78 is 17.7. The lowest BCUT2D eigenvalue weighted by Crippen LogP contribution is -2.29. The number of aryl methyl sites for hydroxylation is 1. The zero-order valence-electron chi connectivity index (χ0n) is 24.6. The van der Waals surface area contributed by atoms with Gasteiger partial charge in [-0.25, -0.2) is 4.79 Å². The zero-order chi connectivity index (χ0) is 30.7. The predicted molar refractivity (Wildman–Crippen MR) is 168 cm³/mol. The highest BCUT2D eigenvalue weighted by Crippen LogP contribution is 2.45. The van der Waals surface area contributed by atoms with Crippen molar-refractivity contribution in [3.63, 3.8) is 0 Å². The number of carbonyl (C=O) groups is 2. The summed E-state index contributed by atoms with van der Waals surface area (Å²) in [6.07, 6.45) is 1.76. The fraction of sp³-hybridized carbons (Fsp3) is 0.250. The van der Waals surface area contributed by atoms with Gasteiger partial charge in [-0.3, -0.25) is 9.78 Å². The average Bonchev–Trinajstić information content (AvgIpc) is 3.51. The average molecular weight is 600 g/mol. The molecule has 0 aliphatic carbocycles. The van der Waals surface area contributed by atoms with Crippen LogP contribution in [0.15, 0.2) is 72.9 Å². The number of para-hydroxylation sites is 1. The van der Waals surface area contributed by atoms with E-state index in [-0.39, 0.29) is 24.6 Å². The number of nitrogens with one attached hydrogen (secondary N) is 2. The first-order valence-corrected chi connectivity index (χ1v) is 14.0. The molecule has 0 radical (unpaired) electrons. The van der Waals surface area contributed by atoms with Gasteiger partial charge in [0.25, 0.3) is 0 Å². The van der Waals surface area contributed by atoms with Crippen molar-refractivity contribution in [1.29, 1.82) is 0 Å². The molecule has 222 valence electrons. The Morgan fingerprint density at radius 2 is 1.79 bits per heavy atom. The first-order valence-electron chi connectivity index (χ1n) is 13.6. The summed E-state index contributed by atoms with van der Waals surface area (Å²) in [5.41, 5.74) is 6.08. The molecule has 1 saturated heterocycles. The van der Waals surface area contributed by atoms with Crippen molar-refractivity contribution in [3.8, 4) is 11.4 Å². The van der Waals surface area contributed by atoms with Gasteiger partial charge in [-0.15, -0.1) is 0 Å². The molecule has 0 spiro atoms. The number of thiocarbonyl (C=S) groups is 1. The van der Waals surface area contributed by atoms with Crippen LogP contribution in [0, 0.1) is 13.8 Å². The summed E-state index contributed by atoms with van der Waals surface area (Å²) in [7, 11) is 4.38. The lowest BCUT2D eigenvalue weighted by Gasteiger charge is -2.29. The van der Waals surface area contributed by atoms with Gasteiger partial charge in [0, 0.05) is 30.4 Å². The molecule has 2 aromatic carbocycles. The predicted octanol–water partition coefficient (Wildman–Crippen LogP) is 5.05. The Bertz CT molecular complexity index is 1670. The molecule has 1 fully saturated rings. The molecule has 2 N–H and O–H groups in total. The second-order valence-electron chi connectivity index (χ2n) is 10.0. The van der Waals surface area contributed by atoms with Crippen LogP contribution in [0.2, 0.25) is 0 Å². The molecule has 2 aromatic heterocycles. The van der Waals surface area contributed by atoms with E-state index >= 15 is 0 Å². The van der Waals surface area contributed by atoms with E-state index in [1.807, 2.05) is 67.3 Å². The van der Waals surface area contributed by atoms with E-state index in [9.17, 15) is 9.59 Å². The molecule has 1 aliphatic rings. The largest absolute Gasteiger partial charge is 0.495 e. The number of ether oxygens (including phenoxy) is 3. The van der Waals surface area contributed by atoms with Crippen molar-refractivity contribution >= 4 is 40.6 Å². The van der Waals surface area contributed by atoms with Crippen LogP contribution in [0.5, 0.6) is 5.75 Å². The Labute approximate surface area is 255 Å². The van der Waals surface area contributed by atoms with Crippen LogP contribution in [-0.4, -0.2) is 54.5 Å². The molecular weight excluding hydrogens is 566 g/mol. The first kappa shape index (κ1) is 29.7. The minimum Gasteiger partial charge on any atom is -0.495 e. The van der Waals surface area contributed by atoms with E-state index in [1.54, 1.807) is 25.4 Å². The van der Waals surface area contributed by atoms with Crippen molar-refractivity contribution in [3.05, 3.63) is 101 Å². The number of hydrogen-bond acceptors (Lipinski definition) is 7. The molecule has 3 heterocycles. The maximum Gasteiger partial charge on any atom is 0.339 e. The topological polar surface area (TPSA) is 107 Å². The maximum atomic E-state index is 12.7. The summed E-state index contributed by atoms with van der Waals surface area (Å²) in [5, 5.41) is 6.85. The van der Waals surface area contributed by atoms with E-state index < -0.39 is 5.97 Å². The van der Waals surface area contributed by atoms with Crippen LogP contribution >= 0.6 is 12.2 Å². The lowest BCUT2D eigenvalue weighted by atomic mass is 9.96. The van der Waals surface area contributed by atoms with Gasteiger partial charge in [0.15, 0.2) is 5.11 Å². The third-order valence-corrected chi connectivity index (χ3v) is 7.76. The fourth-order valence-corrected chi connectivity index (χ4v) is 5.96. The number of anilines is 2. The van der Waals surface area contributed by atoms with Crippen LogP contribution in [0.1, 0.15) is 45.1 Å². The Balaban J connectivity index is 1.67. The SMILES string of the molecule is COCC(=O)Nc1cc(N2C(=S)N[C@@H](c3ccccn3)[C@H]2c2cc(C)n(-c3ccccc3C(=O)OC)c2C)ccc1OC. The number of pyridine rings is 1. The van der Waals surface area contributed by atoms with Crippen molar-refractivity contribution in [2.24, 2.45) is 0 Å². The monoisotopic (exact) mass is 599 g/mol. The molecule has 1 aliphatic heterocycles. The first-order chi connectivity index (χ1) is 20.8. The highest BCUT2D eigenvalue weighted by molar-refractivity contribution is 7.80. The van der Waals surface area contributed by atoms with Crippen LogP contribution in [0.25, 0.3) is 5.69 Å². The summed E-state index contributed by atoms with van der Waals surface area (Å²) in [6.45, 7) is 3.93. The molecule has 0 bridgehead atoms. The van der Waals surface area contributed by atoms with E-state index in [4.69, 9.17) is 26.4 Å². The number of carbonyl (C=O) groups excluding carboxylic acids is 2. The second-order valence-corrected chi connectivity index (χ2v) is 10.4. The Morgan fingerprint density at radius 1 is 1.02 bits per heavy atom. The molecule has 4 aromatic rings. The summed E-state index contributed by atoms with van der Waals surface area (Å²) in [6, 6.07) is 20.2. The minimum atomic E-state index is -0.414. The number of amides is 1. The Hall–Kier alpha value is -4.74. The number of methoxy groups -OCH3 is 3. The smallest absolute Gasteiger partial charge is 0.339 e. The molecule has 10 nitrogen and oxygen atoms in total. The number of hydrogen-bond donors (Lipinski definition) is 2. The highest BCUT2D eigenvalue weighted by Gasteiger charge is 2.42. The van der Waals surface area contributed by atoms with Crippen molar-refractivity contribution in [2.75, 3.05) is 38.2 Å². The maximum absolute atomic E-state index is 12.7. The molecule has 1 amide bonds.